The monoisotopic (exact) mass is 695 g/mol. The highest BCUT2D eigenvalue weighted by Gasteiger charge is 2.59. The largest absolute Gasteiger partial charge is 0.462 e. The molecule has 50 heavy (non-hydrogen) atoms. The quantitative estimate of drug-likeness (QED) is 0.0571. The second kappa shape index (κ2) is 21.2. The summed E-state index contributed by atoms with van der Waals surface area (Å²) in [5, 5.41) is 0. The van der Waals surface area contributed by atoms with Crippen molar-refractivity contribution in [1.29, 1.82) is 0 Å². The molecule has 0 aliphatic heterocycles. The van der Waals surface area contributed by atoms with Gasteiger partial charge in [-0.05, 0) is 104 Å². The van der Waals surface area contributed by atoms with Crippen LogP contribution in [0.15, 0.2) is 11.6 Å². The van der Waals surface area contributed by atoms with Gasteiger partial charge in [0.05, 0.1) is 0 Å². The van der Waals surface area contributed by atoms with Crippen LogP contribution >= 0.6 is 0 Å². The Morgan fingerprint density at radius 3 is 1.88 bits per heavy atom. The maximum Gasteiger partial charge on any atom is 0.306 e. The molecule has 9 atom stereocenters. The molecule has 0 N–H and O–H groups in total. The summed E-state index contributed by atoms with van der Waals surface area (Å²) in [7, 11) is 0. The highest BCUT2D eigenvalue weighted by Crippen LogP contribution is 2.67. The molecule has 0 aromatic rings. The van der Waals surface area contributed by atoms with E-state index in [2.05, 4.69) is 54.5 Å². The molecule has 2 heteroatoms. The first-order valence-electron chi connectivity index (χ1n) is 23.0. The lowest BCUT2D eigenvalue weighted by Gasteiger charge is -2.58. The molecule has 290 valence electrons. The third kappa shape index (κ3) is 11.6. The lowest BCUT2D eigenvalue weighted by Crippen LogP contribution is -2.51. The molecule has 0 amide bonds. The predicted molar refractivity (Wildman–Crippen MR) is 216 cm³/mol. The molecule has 4 rings (SSSR count). The topological polar surface area (TPSA) is 26.3 Å². The number of allylic oxidation sites excluding steroid dienone is 1. The van der Waals surface area contributed by atoms with E-state index in [0.717, 1.165) is 60.7 Å². The van der Waals surface area contributed by atoms with E-state index in [1.54, 1.807) is 5.57 Å². The summed E-state index contributed by atoms with van der Waals surface area (Å²) in [6.45, 7) is 17.5. The second-order valence-electron chi connectivity index (χ2n) is 19.5. The van der Waals surface area contributed by atoms with Gasteiger partial charge < -0.3 is 4.74 Å². The SMILES string of the molecule is CCCCCCCCCCCCCCCCCCCC(=O)O[C@H]1CC[C@@]2(C)C(=CC[C@H]3[C@@H]4CC[C@H]([C@H](C)CC[C@@H](C)C(C)C)[C@@]4(C)CC[C@@H]32)C1. The standard InChI is InChI=1S/C48H86O2/c1-8-9-10-11-12-13-14-15-16-17-18-19-20-21-22-23-24-25-46(49)50-41-32-34-47(6)40(36-41)28-29-42-44-31-30-43(48(44,7)35-33-45(42)47)39(5)27-26-38(4)37(2)3/h28,37-39,41-45H,8-27,29-36H2,1-7H3/t38-,39-,41+,42+,43-,44+,45+,47+,48-/m1/s1. The van der Waals surface area contributed by atoms with Crippen molar-refractivity contribution in [2.75, 3.05) is 0 Å². The number of rotatable bonds is 24. The summed E-state index contributed by atoms with van der Waals surface area (Å²) >= 11 is 0. The first-order chi connectivity index (χ1) is 24.1. The lowest BCUT2D eigenvalue weighted by atomic mass is 9.47. The van der Waals surface area contributed by atoms with Crippen LogP contribution < -0.4 is 0 Å². The Morgan fingerprint density at radius 1 is 0.720 bits per heavy atom. The van der Waals surface area contributed by atoms with E-state index in [9.17, 15) is 4.79 Å². The van der Waals surface area contributed by atoms with E-state index >= 15 is 0 Å². The Kier molecular flexibility index (Phi) is 17.8. The highest BCUT2D eigenvalue weighted by molar-refractivity contribution is 5.69. The molecule has 2 nitrogen and oxygen atoms in total. The summed E-state index contributed by atoms with van der Waals surface area (Å²) in [6.07, 6.45) is 39.9. The third-order valence-electron chi connectivity index (χ3n) is 15.8. The van der Waals surface area contributed by atoms with Gasteiger partial charge in [-0.3, -0.25) is 4.79 Å². The fourth-order valence-electron chi connectivity index (χ4n) is 12.0. The van der Waals surface area contributed by atoms with Gasteiger partial charge in [-0.25, -0.2) is 0 Å². The van der Waals surface area contributed by atoms with Gasteiger partial charge in [-0.2, -0.15) is 0 Å². The smallest absolute Gasteiger partial charge is 0.306 e. The molecule has 3 fully saturated rings. The number of esters is 1. The van der Waals surface area contributed by atoms with Crippen molar-refractivity contribution in [2.24, 2.45) is 52.3 Å². The molecule has 0 aromatic carbocycles. The predicted octanol–water partition coefficient (Wildman–Crippen LogP) is 15.2. The van der Waals surface area contributed by atoms with Crippen LogP contribution in [0.25, 0.3) is 0 Å². The number of carbonyl (C=O) groups is 1. The van der Waals surface area contributed by atoms with Crippen LogP contribution in [-0.2, 0) is 9.53 Å². The molecule has 0 aromatic heterocycles. The molecule has 4 aliphatic rings. The van der Waals surface area contributed by atoms with Crippen molar-refractivity contribution in [2.45, 2.75) is 234 Å². The summed E-state index contributed by atoms with van der Waals surface area (Å²) in [6, 6.07) is 0. The van der Waals surface area contributed by atoms with E-state index in [4.69, 9.17) is 4.74 Å². The average Bonchev–Trinajstić information content (AvgIpc) is 3.45. The lowest BCUT2D eigenvalue weighted by molar-refractivity contribution is -0.151. The van der Waals surface area contributed by atoms with E-state index < -0.39 is 0 Å². The number of carbonyl (C=O) groups excluding carboxylic acids is 1. The number of unbranched alkanes of at least 4 members (excludes halogenated alkanes) is 16. The molecular formula is C48H86O2. The Labute approximate surface area is 312 Å². The van der Waals surface area contributed by atoms with E-state index in [0.29, 0.717) is 17.3 Å². The first kappa shape index (κ1) is 42.0. The molecule has 0 unspecified atom stereocenters. The summed E-state index contributed by atoms with van der Waals surface area (Å²) in [4.78, 5) is 12.9. The van der Waals surface area contributed by atoms with Crippen molar-refractivity contribution in [3.63, 3.8) is 0 Å². The van der Waals surface area contributed by atoms with Gasteiger partial charge in [0.25, 0.3) is 0 Å². The van der Waals surface area contributed by atoms with E-state index in [-0.39, 0.29) is 12.1 Å². The van der Waals surface area contributed by atoms with Crippen LogP contribution in [0.1, 0.15) is 228 Å². The second-order valence-corrected chi connectivity index (χ2v) is 19.5. The van der Waals surface area contributed by atoms with Crippen molar-refractivity contribution in [3.05, 3.63) is 11.6 Å². The number of hydrogen-bond donors (Lipinski definition) is 0. The minimum atomic E-state index is 0.0659. The molecule has 3 saturated carbocycles. The highest BCUT2D eigenvalue weighted by atomic mass is 16.5. The van der Waals surface area contributed by atoms with Crippen molar-refractivity contribution in [3.8, 4) is 0 Å². The zero-order valence-electron chi connectivity index (χ0n) is 34.8. The number of fused-ring (bicyclic) bond motifs is 5. The van der Waals surface area contributed by atoms with Crippen molar-refractivity contribution < 1.29 is 9.53 Å². The normalized spacial score (nSPS) is 31.8. The van der Waals surface area contributed by atoms with Crippen LogP contribution in [0.2, 0.25) is 0 Å². The molecule has 0 bridgehead atoms. The Morgan fingerprint density at radius 2 is 1.30 bits per heavy atom. The average molecular weight is 695 g/mol. The van der Waals surface area contributed by atoms with Crippen molar-refractivity contribution in [1.82, 2.24) is 0 Å². The number of hydrogen-bond acceptors (Lipinski definition) is 2. The van der Waals surface area contributed by atoms with Gasteiger partial charge >= 0.3 is 5.97 Å². The maximum absolute atomic E-state index is 12.9. The Bertz CT molecular complexity index is 996. The molecule has 0 heterocycles. The zero-order chi connectivity index (χ0) is 36.0. The Balaban J connectivity index is 1.08. The fourth-order valence-corrected chi connectivity index (χ4v) is 12.0. The minimum absolute atomic E-state index is 0.0659. The van der Waals surface area contributed by atoms with Gasteiger partial charge in [0, 0.05) is 12.8 Å². The van der Waals surface area contributed by atoms with Gasteiger partial charge in [-0.15, -0.1) is 0 Å². The van der Waals surface area contributed by atoms with E-state index in [1.807, 2.05) is 0 Å². The molecular weight excluding hydrogens is 609 g/mol. The molecule has 0 radical (unpaired) electrons. The van der Waals surface area contributed by atoms with Crippen LogP contribution in [0.4, 0.5) is 0 Å². The van der Waals surface area contributed by atoms with Gasteiger partial charge in [0.15, 0.2) is 0 Å². The Hall–Kier alpha value is -0.790. The van der Waals surface area contributed by atoms with E-state index in [1.165, 1.54) is 154 Å². The van der Waals surface area contributed by atoms with Gasteiger partial charge in [0.1, 0.15) is 6.10 Å². The van der Waals surface area contributed by atoms with Crippen LogP contribution in [0.3, 0.4) is 0 Å². The summed E-state index contributed by atoms with van der Waals surface area (Å²) in [5.74, 6) is 6.11. The maximum atomic E-state index is 12.9. The zero-order valence-corrected chi connectivity index (χ0v) is 34.8. The van der Waals surface area contributed by atoms with Gasteiger partial charge in [0.2, 0.25) is 0 Å². The third-order valence-corrected chi connectivity index (χ3v) is 15.8. The van der Waals surface area contributed by atoms with Gasteiger partial charge in [-0.1, -0.05) is 176 Å². The molecule has 0 saturated heterocycles. The summed E-state index contributed by atoms with van der Waals surface area (Å²) in [5.41, 5.74) is 2.52. The summed E-state index contributed by atoms with van der Waals surface area (Å²) < 4.78 is 6.15. The molecule has 4 aliphatic carbocycles. The van der Waals surface area contributed by atoms with Crippen molar-refractivity contribution >= 4 is 5.97 Å². The minimum Gasteiger partial charge on any atom is -0.462 e. The van der Waals surface area contributed by atoms with Crippen LogP contribution in [0, 0.1) is 52.3 Å². The number of ether oxygens (including phenoxy) is 1. The van der Waals surface area contributed by atoms with Crippen LogP contribution in [-0.4, -0.2) is 12.1 Å². The first-order valence-corrected chi connectivity index (χ1v) is 23.0. The molecule has 0 spiro atoms. The fraction of sp³-hybridized carbons (Fsp3) is 0.938. The van der Waals surface area contributed by atoms with Crippen LogP contribution in [0.5, 0.6) is 0 Å².